The van der Waals surface area contributed by atoms with Crippen LogP contribution in [0.3, 0.4) is 0 Å². The first-order valence-corrected chi connectivity index (χ1v) is 7.65. The highest BCUT2D eigenvalue weighted by atomic mass is 16.5. The summed E-state index contributed by atoms with van der Waals surface area (Å²) in [5, 5.41) is 7.42. The van der Waals surface area contributed by atoms with E-state index in [1.54, 1.807) is 7.11 Å². The number of ether oxygens (including phenoxy) is 2. The van der Waals surface area contributed by atoms with Gasteiger partial charge in [-0.2, -0.15) is 5.10 Å². The van der Waals surface area contributed by atoms with Crippen LogP contribution < -0.4 is 4.74 Å². The molecule has 2 heterocycles. The zero-order valence-corrected chi connectivity index (χ0v) is 13.4. The predicted molar refractivity (Wildman–Crippen MR) is 85.0 cm³/mol. The predicted octanol–water partition coefficient (Wildman–Crippen LogP) is 2.61. The Morgan fingerprint density at radius 3 is 3.00 bits per heavy atom. The highest BCUT2D eigenvalue weighted by Gasteiger charge is 2.28. The maximum Gasteiger partial charge on any atom is 0.119 e. The molecule has 118 valence electrons. The summed E-state index contributed by atoms with van der Waals surface area (Å²) >= 11 is 0. The van der Waals surface area contributed by atoms with Crippen LogP contribution in [0.1, 0.15) is 28.6 Å². The standard InChI is InChI=1S/C17H23N3O2/c1-12-17(13(2)19-18-12)16-11-22-8-7-20(16)10-14-5-4-6-15(9-14)21-3/h4-6,9,16H,7-8,10-11H2,1-3H3,(H,18,19). The summed E-state index contributed by atoms with van der Waals surface area (Å²) in [5.74, 6) is 0.901. The minimum atomic E-state index is 0.249. The van der Waals surface area contributed by atoms with Gasteiger partial charge in [0, 0.05) is 24.3 Å². The van der Waals surface area contributed by atoms with Crippen LogP contribution in [0, 0.1) is 13.8 Å². The average Bonchev–Trinajstić information content (AvgIpc) is 2.87. The first-order chi connectivity index (χ1) is 10.7. The summed E-state index contributed by atoms with van der Waals surface area (Å²) in [6.07, 6.45) is 0. The van der Waals surface area contributed by atoms with E-state index in [0.29, 0.717) is 6.61 Å². The Kier molecular flexibility index (Phi) is 4.45. The Morgan fingerprint density at radius 1 is 1.41 bits per heavy atom. The molecular formula is C17H23N3O2. The largest absolute Gasteiger partial charge is 0.497 e. The van der Waals surface area contributed by atoms with E-state index in [1.165, 1.54) is 11.1 Å². The van der Waals surface area contributed by atoms with E-state index in [0.717, 1.165) is 36.8 Å². The van der Waals surface area contributed by atoms with Crippen LogP contribution in [-0.4, -0.2) is 42.0 Å². The molecule has 0 aliphatic carbocycles. The molecule has 1 aliphatic heterocycles. The van der Waals surface area contributed by atoms with Crippen LogP contribution in [0.15, 0.2) is 24.3 Å². The maximum absolute atomic E-state index is 5.72. The number of aryl methyl sites for hydroxylation is 2. The van der Waals surface area contributed by atoms with E-state index in [2.05, 4.69) is 41.1 Å². The molecule has 1 N–H and O–H groups in total. The molecule has 1 aromatic carbocycles. The number of H-pyrrole nitrogens is 1. The number of hydrogen-bond donors (Lipinski definition) is 1. The normalized spacial score (nSPS) is 19.3. The number of hydrogen-bond acceptors (Lipinski definition) is 4. The number of nitrogens with zero attached hydrogens (tertiary/aromatic N) is 2. The topological polar surface area (TPSA) is 50.4 Å². The number of nitrogens with one attached hydrogen (secondary N) is 1. The zero-order chi connectivity index (χ0) is 15.5. The molecule has 0 bridgehead atoms. The molecule has 2 aromatic rings. The third kappa shape index (κ3) is 3.00. The number of morpholine rings is 1. The van der Waals surface area contributed by atoms with Gasteiger partial charge in [0.15, 0.2) is 0 Å². The molecule has 0 spiro atoms. The van der Waals surface area contributed by atoms with Crippen molar-refractivity contribution in [2.75, 3.05) is 26.9 Å². The first-order valence-electron chi connectivity index (χ1n) is 7.65. The van der Waals surface area contributed by atoms with Crippen LogP contribution in [0.2, 0.25) is 0 Å². The monoisotopic (exact) mass is 301 g/mol. The lowest BCUT2D eigenvalue weighted by molar-refractivity contribution is -0.0131. The summed E-state index contributed by atoms with van der Waals surface area (Å²) < 4.78 is 11.0. The maximum atomic E-state index is 5.72. The van der Waals surface area contributed by atoms with E-state index in [4.69, 9.17) is 9.47 Å². The van der Waals surface area contributed by atoms with E-state index < -0.39 is 0 Å². The van der Waals surface area contributed by atoms with Gasteiger partial charge in [-0.1, -0.05) is 12.1 Å². The van der Waals surface area contributed by atoms with Gasteiger partial charge in [0.2, 0.25) is 0 Å². The Balaban J connectivity index is 1.83. The van der Waals surface area contributed by atoms with Crippen molar-refractivity contribution in [2.45, 2.75) is 26.4 Å². The van der Waals surface area contributed by atoms with Gasteiger partial charge in [-0.3, -0.25) is 10.00 Å². The summed E-state index contributed by atoms with van der Waals surface area (Å²) in [6.45, 7) is 7.42. The molecule has 1 saturated heterocycles. The average molecular weight is 301 g/mol. The van der Waals surface area contributed by atoms with Crippen molar-refractivity contribution in [1.29, 1.82) is 0 Å². The van der Waals surface area contributed by atoms with Crippen molar-refractivity contribution in [3.05, 3.63) is 46.8 Å². The second-order valence-electron chi connectivity index (χ2n) is 5.76. The Labute approximate surface area is 131 Å². The molecule has 5 nitrogen and oxygen atoms in total. The molecule has 22 heavy (non-hydrogen) atoms. The van der Waals surface area contributed by atoms with Crippen molar-refractivity contribution < 1.29 is 9.47 Å². The Hall–Kier alpha value is -1.85. The van der Waals surface area contributed by atoms with E-state index >= 15 is 0 Å². The second-order valence-corrected chi connectivity index (χ2v) is 5.76. The lowest BCUT2D eigenvalue weighted by Crippen LogP contribution is -2.39. The molecule has 0 saturated carbocycles. The summed E-state index contributed by atoms with van der Waals surface area (Å²) in [7, 11) is 1.70. The molecule has 3 rings (SSSR count). The molecule has 0 radical (unpaired) electrons. The van der Waals surface area contributed by atoms with Crippen molar-refractivity contribution in [2.24, 2.45) is 0 Å². The van der Waals surface area contributed by atoms with Gasteiger partial charge in [-0.15, -0.1) is 0 Å². The highest BCUT2D eigenvalue weighted by molar-refractivity contribution is 5.30. The van der Waals surface area contributed by atoms with Crippen molar-refractivity contribution in [3.63, 3.8) is 0 Å². The first kappa shape index (κ1) is 15.1. The lowest BCUT2D eigenvalue weighted by atomic mass is 10.0. The molecule has 0 amide bonds. The number of methoxy groups -OCH3 is 1. The fourth-order valence-electron chi connectivity index (χ4n) is 3.15. The van der Waals surface area contributed by atoms with Crippen LogP contribution in [0.5, 0.6) is 5.75 Å². The van der Waals surface area contributed by atoms with E-state index in [-0.39, 0.29) is 6.04 Å². The highest BCUT2D eigenvalue weighted by Crippen LogP contribution is 2.30. The molecule has 1 aromatic heterocycles. The van der Waals surface area contributed by atoms with E-state index in [9.17, 15) is 0 Å². The second kappa shape index (κ2) is 6.50. The molecular weight excluding hydrogens is 278 g/mol. The lowest BCUT2D eigenvalue weighted by Gasteiger charge is -2.36. The number of benzene rings is 1. The van der Waals surface area contributed by atoms with Crippen LogP contribution >= 0.6 is 0 Å². The number of rotatable bonds is 4. The third-order valence-corrected chi connectivity index (χ3v) is 4.28. The molecule has 1 unspecified atom stereocenters. The number of aromatic nitrogens is 2. The van der Waals surface area contributed by atoms with E-state index in [1.807, 2.05) is 12.1 Å². The fraction of sp³-hybridized carbons (Fsp3) is 0.471. The van der Waals surface area contributed by atoms with Gasteiger partial charge in [0.05, 0.1) is 32.1 Å². The van der Waals surface area contributed by atoms with Gasteiger partial charge >= 0.3 is 0 Å². The number of aromatic amines is 1. The minimum Gasteiger partial charge on any atom is -0.497 e. The Morgan fingerprint density at radius 2 is 2.27 bits per heavy atom. The summed E-state index contributed by atoms with van der Waals surface area (Å²) in [4.78, 5) is 2.46. The zero-order valence-electron chi connectivity index (χ0n) is 13.4. The summed E-state index contributed by atoms with van der Waals surface area (Å²) in [5.41, 5.74) is 4.71. The Bertz CT molecular complexity index is 619. The smallest absolute Gasteiger partial charge is 0.119 e. The van der Waals surface area contributed by atoms with Gasteiger partial charge < -0.3 is 9.47 Å². The fourth-order valence-corrected chi connectivity index (χ4v) is 3.15. The van der Waals surface area contributed by atoms with Crippen LogP contribution in [0.25, 0.3) is 0 Å². The van der Waals surface area contributed by atoms with Gasteiger partial charge in [-0.25, -0.2) is 0 Å². The molecule has 1 aliphatic rings. The van der Waals surface area contributed by atoms with Gasteiger partial charge in [-0.05, 0) is 31.5 Å². The van der Waals surface area contributed by atoms with Crippen molar-refractivity contribution in [1.82, 2.24) is 15.1 Å². The van der Waals surface area contributed by atoms with Gasteiger partial charge in [0.1, 0.15) is 5.75 Å². The van der Waals surface area contributed by atoms with Crippen LogP contribution in [0.4, 0.5) is 0 Å². The van der Waals surface area contributed by atoms with Crippen molar-refractivity contribution in [3.8, 4) is 5.75 Å². The van der Waals surface area contributed by atoms with Crippen molar-refractivity contribution >= 4 is 0 Å². The van der Waals surface area contributed by atoms with Gasteiger partial charge in [0.25, 0.3) is 0 Å². The van der Waals surface area contributed by atoms with Crippen LogP contribution in [-0.2, 0) is 11.3 Å². The minimum absolute atomic E-state index is 0.249. The SMILES string of the molecule is COc1cccc(CN2CCOCC2c2c(C)n[nH]c2C)c1. The molecule has 5 heteroatoms. The summed E-state index contributed by atoms with van der Waals surface area (Å²) in [6, 6.07) is 8.51. The quantitative estimate of drug-likeness (QED) is 0.943. The third-order valence-electron chi connectivity index (χ3n) is 4.28. The molecule has 1 atom stereocenters. The molecule has 1 fully saturated rings.